The number of nitrogens with one attached hydrogen (secondary N) is 1. The fourth-order valence-electron chi connectivity index (χ4n) is 5.06. The number of carbonyl (C=O) groups is 2. The van der Waals surface area contributed by atoms with Gasteiger partial charge in [-0.3, -0.25) is 4.79 Å². The molecule has 0 spiro atoms. The number of aliphatic hydroxyl groups excluding tert-OH is 2. The number of esters is 1. The molecule has 3 N–H and O–H groups in total. The molecule has 0 saturated carbocycles. The number of carbonyl (C=O) groups excluding carboxylic acids is 2. The molecule has 0 bridgehead atoms. The normalized spacial score (nSPS) is 12.9. The minimum absolute atomic E-state index is 0.0214. The average Bonchev–Trinajstić information content (AvgIpc) is 3.54. The number of nitrogens with zero attached hydrogens (tertiary/aromatic N) is 2. The summed E-state index contributed by atoms with van der Waals surface area (Å²) in [5, 5.41) is 25.6. The molecule has 1 aromatic heterocycles. The Morgan fingerprint density at radius 1 is 0.981 bits per heavy atom. The first kappa shape index (κ1) is 46.3. The van der Waals surface area contributed by atoms with Crippen LogP contribution in [0.2, 0.25) is 23.2 Å². The van der Waals surface area contributed by atoms with E-state index in [2.05, 4.69) is 90.5 Å². The summed E-state index contributed by atoms with van der Waals surface area (Å²) in [7, 11) is -1.54. The Hall–Kier alpha value is -2.86. The van der Waals surface area contributed by atoms with Gasteiger partial charge in [0.2, 0.25) is 11.8 Å². The van der Waals surface area contributed by atoms with Crippen LogP contribution >= 0.6 is 11.8 Å². The molecule has 0 unspecified atom stereocenters. The number of aliphatic hydroxyl groups is 2. The van der Waals surface area contributed by atoms with Crippen molar-refractivity contribution in [3.05, 3.63) is 41.1 Å². The van der Waals surface area contributed by atoms with Gasteiger partial charge in [-0.15, -0.1) is 0 Å². The number of amides is 1. The number of hydrogen-bond donors (Lipinski definition) is 3. The monoisotopic (exact) mass is 793 g/mol. The zero-order valence-electron chi connectivity index (χ0n) is 34.1. The second kappa shape index (κ2) is 20.7. The molecule has 0 aliphatic carbocycles. The first-order valence-corrected chi connectivity index (χ1v) is 23.2. The van der Waals surface area contributed by atoms with Crippen molar-refractivity contribution in [1.82, 2.24) is 15.5 Å². The van der Waals surface area contributed by atoms with Crippen molar-refractivity contribution >= 4 is 41.7 Å². The van der Waals surface area contributed by atoms with Gasteiger partial charge in [0, 0.05) is 48.2 Å². The van der Waals surface area contributed by atoms with E-state index in [1.54, 1.807) is 14.0 Å². The van der Waals surface area contributed by atoms with Crippen LogP contribution in [-0.4, -0.2) is 83.0 Å². The average molecular weight is 794 g/mol. The fraction of sp³-hybridized carbons (Fsp3) is 0.684. The van der Waals surface area contributed by atoms with E-state index in [4.69, 9.17) is 22.8 Å². The van der Waals surface area contributed by atoms with Gasteiger partial charge in [-0.25, -0.2) is 4.79 Å². The van der Waals surface area contributed by atoms with Crippen LogP contribution in [0, 0.1) is 31.6 Å². The lowest BCUT2D eigenvalue weighted by Crippen LogP contribution is -2.37. The van der Waals surface area contributed by atoms with Crippen LogP contribution in [0.4, 0.5) is 0 Å². The predicted octanol–water partition coefficient (Wildman–Crippen LogP) is 7.38. The van der Waals surface area contributed by atoms with Crippen molar-refractivity contribution in [3.63, 3.8) is 0 Å². The Bertz CT molecular complexity index is 1510. The molecule has 2 aromatic rings. The molecule has 1 aromatic carbocycles. The Balaban J connectivity index is 2.77. The Morgan fingerprint density at radius 2 is 1.55 bits per heavy atom. The molecular weight excluding hydrogens is 731 g/mol. The Morgan fingerprint density at radius 3 is 2.02 bits per heavy atom. The van der Waals surface area contributed by atoms with E-state index in [9.17, 15) is 19.8 Å². The Labute approximate surface area is 324 Å². The van der Waals surface area contributed by atoms with Crippen LogP contribution in [0.15, 0.2) is 17.2 Å². The van der Waals surface area contributed by atoms with Gasteiger partial charge in [0.05, 0.1) is 12.7 Å². The minimum Gasteiger partial charge on any atom is -0.539 e. The van der Waals surface area contributed by atoms with Gasteiger partial charge in [0.25, 0.3) is 18.1 Å². The van der Waals surface area contributed by atoms with Gasteiger partial charge in [0.1, 0.15) is 12.6 Å². The summed E-state index contributed by atoms with van der Waals surface area (Å²) >= 11 is 1.46. The molecule has 0 saturated heterocycles. The molecule has 53 heavy (non-hydrogen) atoms. The van der Waals surface area contributed by atoms with E-state index in [1.165, 1.54) is 17.8 Å². The second-order valence-electron chi connectivity index (χ2n) is 15.2. The minimum atomic E-state index is -1.59. The highest BCUT2D eigenvalue weighted by Gasteiger charge is 2.40. The van der Waals surface area contributed by atoms with Crippen LogP contribution in [-0.2, 0) is 15.3 Å². The molecule has 1 amide bonds. The molecule has 1 heterocycles. The van der Waals surface area contributed by atoms with Gasteiger partial charge >= 0.3 is 5.97 Å². The summed E-state index contributed by atoms with van der Waals surface area (Å²) in [5.41, 5.74) is 1.51. The maximum atomic E-state index is 13.9. The molecule has 15 heteroatoms. The lowest BCUT2D eigenvalue weighted by molar-refractivity contribution is -0.122. The first-order valence-electron chi connectivity index (χ1n) is 18.2. The Kier molecular flexibility index (Phi) is 18.1. The van der Waals surface area contributed by atoms with Crippen LogP contribution in [0.5, 0.6) is 17.2 Å². The third-order valence-electron chi connectivity index (χ3n) is 10.7. The smallest absolute Gasteiger partial charge is 0.339 e. The second-order valence-corrected chi connectivity index (χ2v) is 21.5. The van der Waals surface area contributed by atoms with E-state index in [0.29, 0.717) is 63.8 Å². The molecular formula is C38H63N3O9SSi2. The van der Waals surface area contributed by atoms with E-state index >= 15 is 0 Å². The highest BCUT2D eigenvalue weighted by Crippen LogP contribution is 2.51. The topological polar surface area (TPSA) is 162 Å². The van der Waals surface area contributed by atoms with Gasteiger partial charge in [-0.1, -0.05) is 73.2 Å². The van der Waals surface area contributed by atoms with E-state index in [-0.39, 0.29) is 53.9 Å². The standard InChI is InChI=1S/C38H63N3O9SSi2/c1-15-18-47-36(45)31-25(6)32(46-12)34(50-53(14)38(10,11)24(4)5)33(49-52(13)37(8,9)23(2)3)28(31)21-51-22-29(35-39-26(7)41-48-35)40-30(44)17-16-27(19-42)20-43/h15,23-24,27,29,42-43H,1,16-22H2,2-14H3,(H,40,44)/t29-/m1/s1. The molecule has 2 radical (unpaired) electrons. The van der Waals surface area contributed by atoms with Gasteiger partial charge in [-0.05, 0) is 55.3 Å². The molecule has 1 atom stereocenters. The third kappa shape index (κ3) is 12.1. The largest absolute Gasteiger partial charge is 0.539 e. The summed E-state index contributed by atoms with van der Waals surface area (Å²) in [4.78, 5) is 31.4. The van der Waals surface area contributed by atoms with Crippen molar-refractivity contribution in [2.75, 3.05) is 32.7 Å². The zero-order chi connectivity index (χ0) is 40.3. The predicted molar refractivity (Wildman–Crippen MR) is 213 cm³/mol. The van der Waals surface area contributed by atoms with Crippen molar-refractivity contribution in [3.8, 4) is 17.2 Å². The quantitative estimate of drug-likeness (QED) is 0.0582. The molecule has 0 aliphatic rings. The molecule has 12 nitrogen and oxygen atoms in total. The summed E-state index contributed by atoms with van der Waals surface area (Å²) in [6, 6.07) is -0.658. The summed E-state index contributed by atoms with van der Waals surface area (Å²) < 4.78 is 31.3. The maximum Gasteiger partial charge on any atom is 0.339 e. The van der Waals surface area contributed by atoms with E-state index in [0.717, 1.165) is 0 Å². The highest BCUT2D eigenvalue weighted by atomic mass is 32.2. The van der Waals surface area contributed by atoms with Crippen LogP contribution in [0.25, 0.3) is 0 Å². The molecule has 0 aliphatic heterocycles. The number of rotatable bonds is 23. The number of thioether (sulfide) groups is 1. The highest BCUT2D eigenvalue weighted by molar-refractivity contribution is 7.98. The molecule has 0 fully saturated rings. The van der Waals surface area contributed by atoms with Crippen molar-refractivity contribution in [1.29, 1.82) is 0 Å². The summed E-state index contributed by atoms with van der Waals surface area (Å²) in [6.45, 7) is 28.7. The number of aromatic nitrogens is 2. The van der Waals surface area contributed by atoms with Crippen molar-refractivity contribution in [2.24, 2.45) is 17.8 Å². The molecule has 298 valence electrons. The number of hydrogen-bond acceptors (Lipinski definition) is 12. The van der Waals surface area contributed by atoms with Crippen molar-refractivity contribution < 1.29 is 42.7 Å². The molecule has 2 rings (SSSR count). The number of aryl methyl sites for hydroxylation is 1. The zero-order valence-corrected chi connectivity index (χ0v) is 36.9. The van der Waals surface area contributed by atoms with Gasteiger partial charge in [-0.2, -0.15) is 16.7 Å². The van der Waals surface area contributed by atoms with Gasteiger partial charge < -0.3 is 38.4 Å². The lowest BCUT2D eigenvalue weighted by Gasteiger charge is -2.37. The van der Waals surface area contributed by atoms with Crippen LogP contribution in [0.3, 0.4) is 0 Å². The van der Waals surface area contributed by atoms with Gasteiger partial charge in [0.15, 0.2) is 23.1 Å². The fourth-order valence-corrected chi connectivity index (χ4v) is 9.29. The van der Waals surface area contributed by atoms with E-state index in [1.807, 2.05) is 6.92 Å². The van der Waals surface area contributed by atoms with Crippen molar-refractivity contribution in [2.45, 2.75) is 117 Å². The number of benzene rings is 1. The lowest BCUT2D eigenvalue weighted by atomic mass is 9.99. The van der Waals surface area contributed by atoms with E-state index < -0.39 is 36.0 Å². The number of ether oxygens (including phenoxy) is 2. The number of methoxy groups -OCH3 is 1. The van der Waals surface area contributed by atoms with Crippen LogP contribution < -0.4 is 18.9 Å². The SMILES string of the molecule is C=CCOC(=O)c1c(C)c(OC)c(O[Si](C)C(C)(C)C(C)C)c(O[Si](C)C(C)(C)C(C)C)c1CSC[C@@H](NC(=O)CCC(CO)CO)c1nc(C)no1. The first-order chi connectivity index (χ1) is 24.8. The summed E-state index contributed by atoms with van der Waals surface area (Å²) in [6.07, 6.45) is 1.93. The summed E-state index contributed by atoms with van der Waals surface area (Å²) in [5.74, 6) is 2.06. The third-order valence-corrected chi connectivity index (χ3v) is 17.5. The van der Waals surface area contributed by atoms with Crippen LogP contribution in [0.1, 0.15) is 107 Å². The maximum absolute atomic E-state index is 13.9.